The third-order valence-corrected chi connectivity index (χ3v) is 2.64. The molecule has 0 saturated heterocycles. The van der Waals surface area contributed by atoms with Crippen LogP contribution < -0.4 is 15.2 Å². The van der Waals surface area contributed by atoms with Gasteiger partial charge in [0.25, 0.3) is 0 Å². The van der Waals surface area contributed by atoms with Crippen LogP contribution in [0.15, 0.2) is 22.9 Å². The molecule has 0 bridgehead atoms. The van der Waals surface area contributed by atoms with E-state index in [1.54, 1.807) is 12.1 Å². The first-order valence-electron chi connectivity index (χ1n) is 5.22. The number of hydrogen-bond donors (Lipinski definition) is 1. The highest BCUT2D eigenvalue weighted by Gasteiger charge is 2.16. The summed E-state index contributed by atoms with van der Waals surface area (Å²) in [6, 6.07) is 3.22. The maximum atomic E-state index is 13.1. The van der Waals surface area contributed by atoms with Crippen LogP contribution >= 0.6 is 0 Å². The monoisotopic (exact) mass is 252 g/mol. The number of aromatic nitrogens is 1. The lowest BCUT2D eigenvalue weighted by Crippen LogP contribution is -1.96. The fourth-order valence-electron chi connectivity index (χ4n) is 1.73. The maximum Gasteiger partial charge on any atom is 0.229 e. The van der Waals surface area contributed by atoms with E-state index in [0.717, 1.165) is 0 Å². The van der Waals surface area contributed by atoms with Gasteiger partial charge >= 0.3 is 0 Å². The van der Waals surface area contributed by atoms with E-state index in [4.69, 9.17) is 19.7 Å². The van der Waals surface area contributed by atoms with E-state index in [-0.39, 0.29) is 5.88 Å². The molecule has 18 heavy (non-hydrogen) atoms. The minimum atomic E-state index is -0.652. The van der Waals surface area contributed by atoms with Crippen molar-refractivity contribution >= 4 is 5.88 Å². The zero-order valence-electron chi connectivity index (χ0n) is 10.1. The summed E-state index contributed by atoms with van der Waals surface area (Å²) in [6.45, 7) is -0.652. The minimum absolute atomic E-state index is 0.136. The fraction of sp³-hybridized carbons (Fsp3) is 0.250. The van der Waals surface area contributed by atoms with Gasteiger partial charge in [-0.1, -0.05) is 5.16 Å². The molecule has 0 amide bonds. The average molecular weight is 252 g/mol. The number of benzene rings is 1. The highest BCUT2D eigenvalue weighted by Crippen LogP contribution is 2.37. The second kappa shape index (κ2) is 4.95. The zero-order valence-corrected chi connectivity index (χ0v) is 10.1. The standard InChI is InChI=1S/C12H13FN2O3/c1-16-10-3-7(5-13)8(4-11(10)17-2)9-6-15-18-12(9)14/h3-4,6H,5,14H2,1-2H3. The summed E-state index contributed by atoms with van der Waals surface area (Å²) in [4.78, 5) is 0. The van der Waals surface area contributed by atoms with E-state index in [1.165, 1.54) is 20.4 Å². The molecule has 96 valence electrons. The Morgan fingerprint density at radius 2 is 1.89 bits per heavy atom. The Morgan fingerprint density at radius 3 is 2.39 bits per heavy atom. The van der Waals surface area contributed by atoms with Crippen LogP contribution in [0.3, 0.4) is 0 Å². The predicted molar refractivity (Wildman–Crippen MR) is 64.3 cm³/mol. The van der Waals surface area contributed by atoms with Crippen molar-refractivity contribution in [2.75, 3.05) is 20.0 Å². The molecule has 0 aliphatic heterocycles. The number of rotatable bonds is 4. The fourth-order valence-corrected chi connectivity index (χ4v) is 1.73. The number of ether oxygens (including phenoxy) is 2. The molecule has 0 fully saturated rings. The quantitative estimate of drug-likeness (QED) is 0.904. The molecule has 2 aromatic rings. The van der Waals surface area contributed by atoms with Gasteiger partial charge in [0.1, 0.15) is 6.67 Å². The van der Waals surface area contributed by atoms with Gasteiger partial charge in [0.15, 0.2) is 11.5 Å². The Labute approximate surface area is 103 Å². The van der Waals surface area contributed by atoms with E-state index in [1.807, 2.05) is 0 Å². The maximum absolute atomic E-state index is 13.1. The van der Waals surface area contributed by atoms with E-state index < -0.39 is 6.67 Å². The van der Waals surface area contributed by atoms with Crippen molar-refractivity contribution in [2.24, 2.45) is 0 Å². The van der Waals surface area contributed by atoms with Crippen LogP contribution in [0.5, 0.6) is 11.5 Å². The number of methoxy groups -OCH3 is 2. The smallest absolute Gasteiger partial charge is 0.229 e. The Morgan fingerprint density at radius 1 is 1.22 bits per heavy atom. The average Bonchev–Trinajstić information content (AvgIpc) is 2.83. The lowest BCUT2D eigenvalue weighted by molar-refractivity contribution is 0.353. The van der Waals surface area contributed by atoms with Crippen LogP contribution in [0.2, 0.25) is 0 Å². The zero-order chi connectivity index (χ0) is 13.1. The van der Waals surface area contributed by atoms with Crippen molar-refractivity contribution in [2.45, 2.75) is 6.67 Å². The molecular weight excluding hydrogens is 239 g/mol. The molecule has 6 heteroatoms. The highest BCUT2D eigenvalue weighted by atomic mass is 19.1. The number of nitrogen functional groups attached to an aromatic ring is 1. The molecule has 1 heterocycles. The molecular formula is C12H13FN2O3. The van der Waals surface area contributed by atoms with Gasteiger partial charge in [0.05, 0.1) is 26.0 Å². The summed E-state index contributed by atoms with van der Waals surface area (Å²) in [6.07, 6.45) is 1.44. The molecule has 2 rings (SSSR count). The van der Waals surface area contributed by atoms with Gasteiger partial charge in [-0.25, -0.2) is 4.39 Å². The van der Waals surface area contributed by atoms with Crippen LogP contribution in [0.1, 0.15) is 5.56 Å². The Bertz CT molecular complexity index is 554. The lowest BCUT2D eigenvalue weighted by atomic mass is 10.0. The first kappa shape index (κ1) is 12.2. The van der Waals surface area contributed by atoms with Gasteiger partial charge in [-0.3, -0.25) is 0 Å². The summed E-state index contributed by atoms with van der Waals surface area (Å²) in [5.74, 6) is 1.09. The van der Waals surface area contributed by atoms with Crippen molar-refractivity contribution in [1.29, 1.82) is 0 Å². The van der Waals surface area contributed by atoms with Crippen LogP contribution in [-0.4, -0.2) is 19.4 Å². The van der Waals surface area contributed by atoms with Gasteiger partial charge in [-0.2, -0.15) is 0 Å². The Hall–Kier alpha value is -2.24. The topological polar surface area (TPSA) is 70.5 Å². The van der Waals surface area contributed by atoms with Crippen LogP contribution in [0.25, 0.3) is 11.1 Å². The van der Waals surface area contributed by atoms with E-state index in [9.17, 15) is 4.39 Å². The van der Waals surface area contributed by atoms with E-state index >= 15 is 0 Å². The second-order valence-electron chi connectivity index (χ2n) is 3.60. The molecule has 2 N–H and O–H groups in total. The van der Waals surface area contributed by atoms with Crippen LogP contribution in [0.4, 0.5) is 10.3 Å². The summed E-state index contributed by atoms with van der Waals surface area (Å²) in [5, 5.41) is 3.58. The van der Waals surface area contributed by atoms with Crippen LogP contribution in [0, 0.1) is 0 Å². The van der Waals surface area contributed by atoms with Crippen LogP contribution in [-0.2, 0) is 6.67 Å². The van der Waals surface area contributed by atoms with Crippen molar-refractivity contribution < 1.29 is 18.4 Å². The number of halogens is 1. The van der Waals surface area contributed by atoms with Crippen molar-refractivity contribution in [3.63, 3.8) is 0 Å². The molecule has 5 nitrogen and oxygen atoms in total. The van der Waals surface area contributed by atoms with Gasteiger partial charge in [0.2, 0.25) is 5.88 Å². The highest BCUT2D eigenvalue weighted by molar-refractivity contribution is 5.77. The summed E-state index contributed by atoms with van der Waals surface area (Å²) in [5.41, 5.74) is 7.18. The van der Waals surface area contributed by atoms with Crippen molar-refractivity contribution in [3.05, 3.63) is 23.9 Å². The third-order valence-electron chi connectivity index (χ3n) is 2.64. The number of alkyl halides is 1. The number of nitrogens with zero attached hydrogens (tertiary/aromatic N) is 1. The Kier molecular flexibility index (Phi) is 3.36. The SMILES string of the molecule is COc1cc(CF)c(-c2cnoc2N)cc1OC. The minimum Gasteiger partial charge on any atom is -0.493 e. The number of hydrogen-bond acceptors (Lipinski definition) is 5. The summed E-state index contributed by atoms with van der Waals surface area (Å²) >= 11 is 0. The first-order chi connectivity index (χ1) is 8.71. The van der Waals surface area contributed by atoms with Gasteiger partial charge in [0, 0.05) is 0 Å². The molecule has 0 unspecified atom stereocenters. The number of nitrogens with two attached hydrogens (primary N) is 1. The number of anilines is 1. The van der Waals surface area contributed by atoms with Crippen molar-refractivity contribution in [3.8, 4) is 22.6 Å². The third kappa shape index (κ3) is 1.97. The van der Waals surface area contributed by atoms with Crippen molar-refractivity contribution in [1.82, 2.24) is 5.16 Å². The largest absolute Gasteiger partial charge is 0.493 e. The molecule has 0 saturated carbocycles. The Balaban J connectivity index is 2.62. The predicted octanol–water partition coefficient (Wildman–Crippen LogP) is 2.41. The molecule has 0 aliphatic carbocycles. The normalized spacial score (nSPS) is 10.4. The second-order valence-corrected chi connectivity index (χ2v) is 3.60. The molecule has 1 aromatic carbocycles. The van der Waals surface area contributed by atoms with Gasteiger partial charge in [-0.05, 0) is 23.3 Å². The first-order valence-corrected chi connectivity index (χ1v) is 5.22. The molecule has 0 radical (unpaired) electrons. The van der Waals surface area contributed by atoms with E-state index in [0.29, 0.717) is 28.2 Å². The molecule has 0 spiro atoms. The van der Waals surface area contributed by atoms with Gasteiger partial charge in [-0.15, -0.1) is 0 Å². The molecule has 0 aliphatic rings. The molecule has 0 atom stereocenters. The van der Waals surface area contributed by atoms with Gasteiger partial charge < -0.3 is 19.7 Å². The van der Waals surface area contributed by atoms with E-state index in [2.05, 4.69) is 5.16 Å². The lowest BCUT2D eigenvalue weighted by Gasteiger charge is -2.12. The molecule has 1 aromatic heterocycles. The summed E-state index contributed by atoms with van der Waals surface area (Å²) in [7, 11) is 3.00. The summed E-state index contributed by atoms with van der Waals surface area (Å²) < 4.78 is 28.1.